The maximum atomic E-state index is 12.5. The number of nitrogens with zero attached hydrogens (tertiary/aromatic N) is 6. The van der Waals surface area contributed by atoms with Crippen molar-refractivity contribution in [2.75, 3.05) is 24.1 Å². The summed E-state index contributed by atoms with van der Waals surface area (Å²) in [5, 5.41) is 31.8. The van der Waals surface area contributed by atoms with E-state index < -0.39 is 30.4 Å². The van der Waals surface area contributed by atoms with Crippen LogP contribution in [0.5, 0.6) is 0 Å². The number of benzene rings is 2. The Bertz CT molecular complexity index is 1640. The highest BCUT2D eigenvalue weighted by Gasteiger charge is 2.47. The number of fused-ring (bicyclic) bond motifs is 1. The maximum Gasteiger partial charge on any atom is 0.254 e. The second kappa shape index (κ2) is 11.6. The SMILES string of the molecule is CCNC(=O)[C@H]1O[C@@H](n2cnc3c(NCC(c4ccccc4)c4ccccc4)nc(-n4cc(N)cn4)nc32)[C@H](O)[C@@H]1O. The lowest BCUT2D eigenvalue weighted by Crippen LogP contribution is -2.42. The molecule has 13 nitrogen and oxygen atoms in total. The van der Waals surface area contributed by atoms with Crippen molar-refractivity contribution >= 4 is 28.6 Å². The van der Waals surface area contributed by atoms with Crippen LogP contribution in [-0.4, -0.2) is 76.8 Å². The number of hydrogen-bond acceptors (Lipinski definition) is 10. The van der Waals surface area contributed by atoms with Gasteiger partial charge in [0, 0.05) is 19.0 Å². The first-order chi connectivity index (χ1) is 20.4. The Morgan fingerprint density at radius 3 is 2.36 bits per heavy atom. The van der Waals surface area contributed by atoms with Gasteiger partial charge in [-0.15, -0.1) is 0 Å². The summed E-state index contributed by atoms with van der Waals surface area (Å²) in [6, 6.07) is 20.3. The first kappa shape index (κ1) is 27.3. The summed E-state index contributed by atoms with van der Waals surface area (Å²) < 4.78 is 8.76. The van der Waals surface area contributed by atoms with E-state index in [1.54, 1.807) is 13.1 Å². The van der Waals surface area contributed by atoms with Crippen LogP contribution in [0.25, 0.3) is 17.1 Å². The Kier molecular flexibility index (Phi) is 7.52. The van der Waals surface area contributed by atoms with Crippen molar-refractivity contribution in [2.45, 2.75) is 37.4 Å². The molecule has 3 aromatic heterocycles. The lowest BCUT2D eigenvalue weighted by Gasteiger charge is -2.20. The highest BCUT2D eigenvalue weighted by atomic mass is 16.6. The van der Waals surface area contributed by atoms with E-state index in [0.717, 1.165) is 11.1 Å². The molecule has 1 aliphatic heterocycles. The van der Waals surface area contributed by atoms with Crippen LogP contribution >= 0.6 is 0 Å². The van der Waals surface area contributed by atoms with E-state index in [2.05, 4.69) is 50.0 Å². The minimum Gasteiger partial charge on any atom is -0.396 e. The standard InChI is InChI=1S/C29H31N9O4/c1-2-31-27(41)24-22(39)23(40)28(42-24)37-16-33-21-25(35-29(36-26(21)37)38-15-19(30)13-34-38)32-14-20(17-9-5-3-6-10-17)18-11-7-4-8-12-18/h3-13,15-16,20,22-24,28,39-40H,2,14,30H2,1H3,(H,31,41)(H,32,35,36)/t22-,23+,24-,28+/m0/s1. The number of nitrogen functional groups attached to an aromatic ring is 1. The second-order valence-corrected chi connectivity index (χ2v) is 9.99. The zero-order valence-electron chi connectivity index (χ0n) is 22.8. The molecule has 1 aliphatic rings. The fourth-order valence-corrected chi connectivity index (χ4v) is 5.14. The molecule has 1 amide bonds. The van der Waals surface area contributed by atoms with E-state index >= 15 is 0 Å². The van der Waals surface area contributed by atoms with Gasteiger partial charge in [0.15, 0.2) is 29.3 Å². The van der Waals surface area contributed by atoms with E-state index in [1.807, 2.05) is 36.4 Å². The first-order valence-corrected chi connectivity index (χ1v) is 13.6. The second-order valence-electron chi connectivity index (χ2n) is 9.99. The zero-order valence-corrected chi connectivity index (χ0v) is 22.8. The third kappa shape index (κ3) is 5.16. The number of ether oxygens (including phenoxy) is 1. The lowest BCUT2D eigenvalue weighted by molar-refractivity contribution is -0.137. The number of nitrogens with two attached hydrogens (primary N) is 1. The first-order valence-electron chi connectivity index (χ1n) is 13.6. The van der Waals surface area contributed by atoms with Crippen molar-refractivity contribution in [1.82, 2.24) is 34.6 Å². The monoisotopic (exact) mass is 569 g/mol. The molecule has 0 unspecified atom stereocenters. The predicted octanol–water partition coefficient (Wildman–Crippen LogP) is 1.59. The van der Waals surface area contributed by atoms with E-state index in [-0.39, 0.29) is 11.9 Å². The largest absolute Gasteiger partial charge is 0.396 e. The summed E-state index contributed by atoms with van der Waals surface area (Å²) >= 11 is 0. The van der Waals surface area contributed by atoms with Crippen LogP contribution in [-0.2, 0) is 9.53 Å². The Morgan fingerprint density at radius 2 is 1.74 bits per heavy atom. The molecule has 0 bridgehead atoms. The maximum absolute atomic E-state index is 12.5. The normalized spacial score (nSPS) is 20.3. The van der Waals surface area contributed by atoms with Crippen LogP contribution < -0.4 is 16.4 Å². The number of rotatable bonds is 9. The van der Waals surface area contributed by atoms with Crippen LogP contribution in [0.2, 0.25) is 0 Å². The van der Waals surface area contributed by atoms with E-state index in [1.165, 1.54) is 21.8 Å². The van der Waals surface area contributed by atoms with E-state index in [0.29, 0.717) is 35.8 Å². The predicted molar refractivity (Wildman–Crippen MR) is 155 cm³/mol. The number of anilines is 2. The van der Waals surface area contributed by atoms with Crippen molar-refractivity contribution in [2.24, 2.45) is 0 Å². The molecular weight excluding hydrogens is 538 g/mol. The minimum atomic E-state index is -1.44. The third-order valence-corrected chi connectivity index (χ3v) is 7.22. The number of amides is 1. The average Bonchev–Trinajstić information content (AvgIpc) is 3.72. The van der Waals surface area contributed by atoms with Gasteiger partial charge in [0.1, 0.15) is 12.2 Å². The average molecular weight is 570 g/mol. The number of carbonyl (C=O) groups excluding carboxylic acids is 1. The van der Waals surface area contributed by atoms with Crippen LogP contribution in [0.15, 0.2) is 79.4 Å². The molecule has 0 saturated carbocycles. The van der Waals surface area contributed by atoms with Crippen molar-refractivity contribution in [3.05, 3.63) is 90.5 Å². The summed E-state index contributed by atoms with van der Waals surface area (Å²) in [5.41, 5.74) is 9.31. The molecule has 6 rings (SSSR count). The van der Waals surface area contributed by atoms with Crippen molar-refractivity contribution in [3.63, 3.8) is 0 Å². The number of aliphatic hydroxyl groups excluding tert-OH is 2. The summed E-state index contributed by atoms with van der Waals surface area (Å²) in [6.07, 6.45) is -0.735. The highest BCUT2D eigenvalue weighted by Crippen LogP contribution is 2.33. The molecule has 42 heavy (non-hydrogen) atoms. The molecule has 1 saturated heterocycles. The van der Waals surface area contributed by atoms with Crippen LogP contribution in [0.4, 0.5) is 11.5 Å². The van der Waals surface area contributed by atoms with Crippen LogP contribution in [0.1, 0.15) is 30.2 Å². The number of likely N-dealkylation sites (N-methyl/N-ethyl adjacent to an activating group) is 1. The molecule has 5 aromatic rings. The van der Waals surface area contributed by atoms with Gasteiger partial charge < -0.3 is 31.3 Å². The molecule has 0 aliphatic carbocycles. The minimum absolute atomic E-state index is 0.00345. The van der Waals surface area contributed by atoms with Crippen molar-refractivity contribution in [1.29, 1.82) is 0 Å². The number of carbonyl (C=O) groups is 1. The van der Waals surface area contributed by atoms with E-state index in [9.17, 15) is 15.0 Å². The number of nitrogens with one attached hydrogen (secondary N) is 2. The van der Waals surface area contributed by atoms with Gasteiger partial charge >= 0.3 is 0 Å². The molecule has 0 radical (unpaired) electrons. The Morgan fingerprint density at radius 1 is 1.05 bits per heavy atom. The molecule has 2 aromatic carbocycles. The Labute approximate surface area is 241 Å². The van der Waals surface area contributed by atoms with Gasteiger partial charge in [-0.05, 0) is 18.1 Å². The van der Waals surface area contributed by atoms with Gasteiger partial charge in [0.05, 0.1) is 24.4 Å². The van der Waals surface area contributed by atoms with Gasteiger partial charge in [-0.25, -0.2) is 9.67 Å². The van der Waals surface area contributed by atoms with Gasteiger partial charge in [0.25, 0.3) is 11.9 Å². The molecule has 0 spiro atoms. The topological polar surface area (TPSA) is 178 Å². The molecular formula is C29H31N9O4. The zero-order chi connectivity index (χ0) is 29.2. The number of hydrogen-bond donors (Lipinski definition) is 5. The molecule has 4 heterocycles. The molecule has 13 heteroatoms. The molecule has 216 valence electrons. The number of aromatic nitrogens is 6. The fourth-order valence-electron chi connectivity index (χ4n) is 5.14. The molecule has 6 N–H and O–H groups in total. The van der Waals surface area contributed by atoms with Crippen molar-refractivity contribution in [3.8, 4) is 5.95 Å². The van der Waals surface area contributed by atoms with Crippen molar-refractivity contribution < 1.29 is 19.7 Å². The van der Waals surface area contributed by atoms with Crippen LogP contribution in [0.3, 0.4) is 0 Å². The summed E-state index contributed by atoms with van der Waals surface area (Å²) in [6.45, 7) is 2.59. The summed E-state index contributed by atoms with van der Waals surface area (Å²) in [4.78, 5) is 26.4. The third-order valence-electron chi connectivity index (χ3n) is 7.22. The van der Waals surface area contributed by atoms with Gasteiger partial charge in [0.2, 0.25) is 0 Å². The van der Waals surface area contributed by atoms with Gasteiger partial charge in [-0.2, -0.15) is 15.1 Å². The highest BCUT2D eigenvalue weighted by molar-refractivity contribution is 5.84. The number of imidazole rings is 1. The quantitative estimate of drug-likeness (QED) is 0.175. The molecule has 4 atom stereocenters. The fraction of sp³-hybridized carbons (Fsp3) is 0.276. The molecule has 1 fully saturated rings. The lowest BCUT2D eigenvalue weighted by atomic mass is 9.91. The van der Waals surface area contributed by atoms with Crippen LogP contribution in [0, 0.1) is 0 Å². The Balaban J connectivity index is 1.39. The summed E-state index contributed by atoms with van der Waals surface area (Å²) in [5.74, 6) is 0.102. The number of aliphatic hydroxyl groups is 2. The summed E-state index contributed by atoms with van der Waals surface area (Å²) in [7, 11) is 0. The smallest absolute Gasteiger partial charge is 0.254 e. The van der Waals surface area contributed by atoms with E-state index in [4.69, 9.17) is 15.5 Å². The van der Waals surface area contributed by atoms with Gasteiger partial charge in [-0.1, -0.05) is 60.7 Å². The Hall–Kier alpha value is -4.85. The van der Waals surface area contributed by atoms with Gasteiger partial charge in [-0.3, -0.25) is 9.36 Å².